The van der Waals surface area contributed by atoms with Gasteiger partial charge in [-0.15, -0.1) is 0 Å². The lowest BCUT2D eigenvalue weighted by molar-refractivity contribution is -0.134. The fourth-order valence-electron chi connectivity index (χ4n) is 6.92. The Hall–Kier alpha value is -4.71. The van der Waals surface area contributed by atoms with Gasteiger partial charge in [0.2, 0.25) is 23.7 Å². The number of nitrogens with zero attached hydrogens (tertiary/aromatic N) is 7. The van der Waals surface area contributed by atoms with Crippen molar-refractivity contribution < 1.29 is 14.4 Å². The van der Waals surface area contributed by atoms with Gasteiger partial charge in [-0.05, 0) is 62.2 Å². The molecule has 3 aliphatic rings. The maximum Gasteiger partial charge on any atom is 0.235 e. The molecule has 3 atom stereocenters. The average molecular weight is 628 g/mol. The summed E-state index contributed by atoms with van der Waals surface area (Å²) in [5, 5.41) is 11.8. The van der Waals surface area contributed by atoms with Gasteiger partial charge in [-0.1, -0.05) is 11.6 Å². The highest BCUT2D eigenvalue weighted by molar-refractivity contribution is 6.33. The number of fused-ring (bicyclic) bond motifs is 2. The second kappa shape index (κ2) is 11.0. The molecule has 2 saturated heterocycles. The summed E-state index contributed by atoms with van der Waals surface area (Å²) in [6, 6.07) is 12.3. The van der Waals surface area contributed by atoms with Crippen LogP contribution >= 0.6 is 11.6 Å². The van der Waals surface area contributed by atoms with Crippen molar-refractivity contribution in [2.24, 2.45) is 7.05 Å². The van der Waals surface area contributed by atoms with Gasteiger partial charge in [0, 0.05) is 68.1 Å². The van der Waals surface area contributed by atoms with Crippen molar-refractivity contribution in [2.45, 2.75) is 51.1 Å². The normalized spacial score (nSPS) is 21.8. The molecule has 1 unspecified atom stereocenters. The first kappa shape index (κ1) is 29.0. The average Bonchev–Trinajstić information content (AvgIpc) is 3.47. The number of likely N-dealkylation sites (N-methyl/N-ethyl adjacent to an activating group) is 1. The fourth-order valence-corrected chi connectivity index (χ4v) is 7.06. The van der Waals surface area contributed by atoms with Crippen molar-refractivity contribution in [3.05, 3.63) is 58.9 Å². The maximum absolute atomic E-state index is 12.6. The fraction of sp³-hybridized carbons (Fsp3) is 0.375. The Kier molecular flexibility index (Phi) is 7.11. The number of piperidine rings is 1. The molecule has 13 heteroatoms. The van der Waals surface area contributed by atoms with Crippen molar-refractivity contribution in [1.82, 2.24) is 25.1 Å². The zero-order valence-corrected chi connectivity index (χ0v) is 26.3. The number of benzene rings is 2. The number of carbonyl (C=O) groups excluding carboxylic acids is 3. The number of imide groups is 1. The number of nitrogens with one attached hydrogen (secondary N) is 2. The molecule has 4 aromatic rings. The Bertz CT molecular complexity index is 1860. The van der Waals surface area contributed by atoms with E-state index in [2.05, 4.69) is 51.4 Å². The Morgan fingerprint density at radius 3 is 2.56 bits per heavy atom. The molecule has 5 heterocycles. The third-order valence-electron chi connectivity index (χ3n) is 9.08. The molecule has 2 aromatic heterocycles. The molecule has 2 aromatic carbocycles. The summed E-state index contributed by atoms with van der Waals surface area (Å²) in [6.45, 7) is 5.76. The predicted molar refractivity (Wildman–Crippen MR) is 173 cm³/mol. The second-order valence-electron chi connectivity index (χ2n) is 12.2. The molecule has 232 valence electrons. The minimum atomic E-state index is -0.439. The van der Waals surface area contributed by atoms with Crippen LogP contribution in [0.25, 0.3) is 10.9 Å². The monoisotopic (exact) mass is 627 g/mol. The Balaban J connectivity index is 1.10. The van der Waals surface area contributed by atoms with E-state index < -0.39 is 5.92 Å². The van der Waals surface area contributed by atoms with Gasteiger partial charge >= 0.3 is 0 Å². The van der Waals surface area contributed by atoms with E-state index in [1.54, 1.807) is 18.1 Å². The van der Waals surface area contributed by atoms with E-state index >= 15 is 0 Å². The van der Waals surface area contributed by atoms with Gasteiger partial charge in [0.1, 0.15) is 5.02 Å². The number of piperazine rings is 1. The van der Waals surface area contributed by atoms with Crippen LogP contribution in [0.5, 0.6) is 0 Å². The molecule has 3 aliphatic heterocycles. The summed E-state index contributed by atoms with van der Waals surface area (Å²) in [4.78, 5) is 52.0. The molecule has 3 amide bonds. The van der Waals surface area contributed by atoms with Crippen molar-refractivity contribution in [1.29, 1.82) is 0 Å². The number of anilines is 5. The van der Waals surface area contributed by atoms with Gasteiger partial charge in [-0.25, -0.2) is 4.98 Å². The van der Waals surface area contributed by atoms with Gasteiger partial charge in [0.25, 0.3) is 0 Å². The highest BCUT2D eigenvalue weighted by atomic mass is 35.5. The SMILES string of the molecule is C[C@@H]1CN(c2ncc(Cl)c(Nc3ccc4c(c3)CC(=O)N4C)n2)C[C@@H](C)N1c1ccc2c(C3CCC(=O)NC3=O)nn(C)c2c1. The third kappa shape index (κ3) is 5.12. The number of hydrogen-bond donors (Lipinski definition) is 2. The van der Waals surface area contributed by atoms with Crippen molar-refractivity contribution in [3.63, 3.8) is 0 Å². The number of aromatic nitrogens is 4. The first-order valence-electron chi connectivity index (χ1n) is 15.1. The lowest BCUT2D eigenvalue weighted by atomic mass is 9.92. The van der Waals surface area contributed by atoms with Crippen LogP contribution in [0.4, 0.5) is 28.8 Å². The Morgan fingerprint density at radius 2 is 1.80 bits per heavy atom. The van der Waals surface area contributed by atoms with E-state index in [0.717, 1.165) is 33.5 Å². The molecule has 45 heavy (non-hydrogen) atoms. The maximum atomic E-state index is 12.6. The smallest absolute Gasteiger partial charge is 0.235 e. The second-order valence-corrected chi connectivity index (χ2v) is 12.6. The predicted octanol–water partition coefficient (Wildman–Crippen LogP) is 3.90. The van der Waals surface area contributed by atoms with E-state index in [0.29, 0.717) is 54.8 Å². The Labute approximate surface area is 265 Å². The van der Waals surface area contributed by atoms with Gasteiger partial charge in [0.05, 0.1) is 29.7 Å². The number of aryl methyl sites for hydroxylation is 1. The highest BCUT2D eigenvalue weighted by Crippen LogP contribution is 2.36. The number of carbonyl (C=O) groups is 3. The quantitative estimate of drug-likeness (QED) is 0.317. The van der Waals surface area contributed by atoms with E-state index in [1.807, 2.05) is 36.0 Å². The summed E-state index contributed by atoms with van der Waals surface area (Å²) in [6.07, 6.45) is 2.77. The Morgan fingerprint density at radius 1 is 1.02 bits per heavy atom. The molecule has 2 fully saturated rings. The van der Waals surface area contributed by atoms with Crippen LogP contribution < -0.4 is 25.3 Å². The van der Waals surface area contributed by atoms with Crippen LogP contribution in [0.1, 0.15) is 43.9 Å². The minimum Gasteiger partial charge on any atom is -0.362 e. The van der Waals surface area contributed by atoms with Crippen LogP contribution in [0, 0.1) is 0 Å². The van der Waals surface area contributed by atoms with Gasteiger partial charge in [0.15, 0.2) is 5.82 Å². The van der Waals surface area contributed by atoms with Crippen LogP contribution in [-0.4, -0.2) is 69.7 Å². The molecule has 0 saturated carbocycles. The zero-order valence-electron chi connectivity index (χ0n) is 25.5. The summed E-state index contributed by atoms with van der Waals surface area (Å²) in [5.41, 5.74) is 5.40. The lowest BCUT2D eigenvalue weighted by Crippen LogP contribution is -2.57. The summed E-state index contributed by atoms with van der Waals surface area (Å²) in [5.74, 6) is 0.217. The van der Waals surface area contributed by atoms with Crippen LogP contribution in [-0.2, 0) is 27.9 Å². The van der Waals surface area contributed by atoms with E-state index in [1.165, 1.54) is 0 Å². The molecule has 0 aliphatic carbocycles. The molecule has 0 radical (unpaired) electrons. The first-order chi connectivity index (χ1) is 21.6. The molecule has 2 N–H and O–H groups in total. The zero-order chi connectivity index (χ0) is 31.6. The number of hydrogen-bond acceptors (Lipinski definition) is 9. The molecular weight excluding hydrogens is 594 g/mol. The van der Waals surface area contributed by atoms with E-state index in [-0.39, 0.29) is 29.8 Å². The van der Waals surface area contributed by atoms with Gasteiger partial charge in [-0.3, -0.25) is 24.4 Å². The topological polar surface area (TPSA) is 129 Å². The van der Waals surface area contributed by atoms with Crippen molar-refractivity contribution in [2.75, 3.05) is 40.2 Å². The summed E-state index contributed by atoms with van der Waals surface area (Å²) in [7, 11) is 3.67. The number of amides is 3. The third-order valence-corrected chi connectivity index (χ3v) is 9.36. The first-order valence-corrected chi connectivity index (χ1v) is 15.5. The lowest BCUT2D eigenvalue weighted by Gasteiger charge is -2.46. The van der Waals surface area contributed by atoms with Crippen LogP contribution in [0.15, 0.2) is 42.6 Å². The van der Waals surface area contributed by atoms with Crippen LogP contribution in [0.3, 0.4) is 0 Å². The molecule has 0 bridgehead atoms. The molecular formula is C32H34ClN9O3. The van der Waals surface area contributed by atoms with Crippen molar-refractivity contribution >= 4 is 69.1 Å². The summed E-state index contributed by atoms with van der Waals surface area (Å²) < 4.78 is 1.82. The van der Waals surface area contributed by atoms with Crippen molar-refractivity contribution in [3.8, 4) is 0 Å². The molecule has 7 rings (SSSR count). The number of rotatable bonds is 5. The number of halogens is 1. The highest BCUT2D eigenvalue weighted by Gasteiger charge is 2.34. The van der Waals surface area contributed by atoms with E-state index in [4.69, 9.17) is 21.7 Å². The molecule has 0 spiro atoms. The summed E-state index contributed by atoms with van der Waals surface area (Å²) >= 11 is 6.51. The standard InChI is InChI=1S/C32H34ClN9O3/c1-17-15-41(32-34-14-24(33)30(37-32)35-20-5-9-25-19(11-20)12-28(44)39(25)3)16-18(2)42(17)21-6-7-22-26(13-21)40(4)38-29(22)23-8-10-27(43)36-31(23)45/h5-7,9,11,13-14,17-18,23H,8,10,12,15-16H2,1-4H3,(H,34,35,37)(H,36,43,45)/t17-,18-,23?/m1/s1. The molecule has 12 nitrogen and oxygen atoms in total. The van der Waals surface area contributed by atoms with Gasteiger partial charge in [-0.2, -0.15) is 10.1 Å². The largest absolute Gasteiger partial charge is 0.362 e. The minimum absolute atomic E-state index is 0.0732. The van der Waals surface area contributed by atoms with E-state index in [9.17, 15) is 14.4 Å². The van der Waals surface area contributed by atoms with Gasteiger partial charge < -0.3 is 20.0 Å². The van der Waals surface area contributed by atoms with Crippen LogP contribution in [0.2, 0.25) is 5.02 Å².